The number of methoxy groups -OCH3 is 1. The molecule has 33 heavy (non-hydrogen) atoms. The van der Waals surface area contributed by atoms with Crippen LogP contribution in [0.15, 0.2) is 59.5 Å². The summed E-state index contributed by atoms with van der Waals surface area (Å²) in [6.07, 6.45) is 0.870. The fraction of sp³-hybridized carbons (Fsp3) is 0.391. The molecule has 0 bridgehead atoms. The van der Waals surface area contributed by atoms with E-state index in [0.717, 1.165) is 0 Å². The molecule has 8 nitrogen and oxygen atoms in total. The standard InChI is InChI=1S/C23H28ClN3O5S/c1-32-16-13-25-23(29)21(26-22(28)18-5-3-2-4-6-18)17-11-14-27(15-12-17)33(30,31)20-9-7-19(24)8-10-20/h2-10,17,21H,11-16H2,1H3,(H,25,29)(H,26,28)/t21-/m0/s1. The van der Waals surface area contributed by atoms with Gasteiger partial charge in [0.05, 0.1) is 11.5 Å². The van der Waals surface area contributed by atoms with Gasteiger partial charge >= 0.3 is 0 Å². The van der Waals surface area contributed by atoms with E-state index < -0.39 is 16.1 Å². The van der Waals surface area contributed by atoms with Gasteiger partial charge in [-0.2, -0.15) is 4.31 Å². The zero-order valence-corrected chi connectivity index (χ0v) is 19.9. The molecular formula is C23H28ClN3O5S. The Kier molecular flexibility index (Phi) is 8.85. The molecule has 1 heterocycles. The van der Waals surface area contributed by atoms with E-state index in [4.69, 9.17) is 16.3 Å². The third kappa shape index (κ3) is 6.54. The van der Waals surface area contributed by atoms with E-state index in [-0.39, 0.29) is 35.7 Å². The lowest BCUT2D eigenvalue weighted by Gasteiger charge is -2.35. The first-order chi connectivity index (χ1) is 15.8. The van der Waals surface area contributed by atoms with E-state index in [2.05, 4.69) is 10.6 Å². The molecule has 0 radical (unpaired) electrons. The van der Waals surface area contributed by atoms with Gasteiger partial charge in [-0.25, -0.2) is 8.42 Å². The fourth-order valence-electron chi connectivity index (χ4n) is 3.80. The fourth-order valence-corrected chi connectivity index (χ4v) is 5.40. The average molecular weight is 494 g/mol. The van der Waals surface area contributed by atoms with Gasteiger partial charge in [0.2, 0.25) is 15.9 Å². The average Bonchev–Trinajstić information content (AvgIpc) is 2.83. The largest absolute Gasteiger partial charge is 0.383 e. The van der Waals surface area contributed by atoms with Gasteiger partial charge in [0.25, 0.3) is 5.91 Å². The first-order valence-electron chi connectivity index (χ1n) is 10.7. The quantitative estimate of drug-likeness (QED) is 0.521. The molecule has 0 unspecified atom stereocenters. The van der Waals surface area contributed by atoms with Crippen molar-refractivity contribution in [1.82, 2.24) is 14.9 Å². The summed E-state index contributed by atoms with van der Waals surface area (Å²) in [5.41, 5.74) is 0.454. The molecule has 1 saturated heterocycles. The monoisotopic (exact) mass is 493 g/mol. The Morgan fingerprint density at radius 1 is 1.09 bits per heavy atom. The highest BCUT2D eigenvalue weighted by atomic mass is 35.5. The van der Waals surface area contributed by atoms with Gasteiger partial charge in [0, 0.05) is 37.3 Å². The summed E-state index contributed by atoms with van der Waals surface area (Å²) in [4.78, 5) is 25.8. The number of hydrogen-bond acceptors (Lipinski definition) is 5. The van der Waals surface area contributed by atoms with E-state index in [9.17, 15) is 18.0 Å². The van der Waals surface area contributed by atoms with Gasteiger partial charge in [-0.3, -0.25) is 9.59 Å². The molecule has 2 aromatic carbocycles. The van der Waals surface area contributed by atoms with Crippen molar-refractivity contribution in [1.29, 1.82) is 0 Å². The lowest BCUT2D eigenvalue weighted by Crippen LogP contribution is -2.54. The Bertz CT molecular complexity index is 1040. The highest BCUT2D eigenvalue weighted by molar-refractivity contribution is 7.89. The van der Waals surface area contributed by atoms with Crippen LogP contribution in [0.2, 0.25) is 5.02 Å². The minimum atomic E-state index is -3.66. The van der Waals surface area contributed by atoms with E-state index >= 15 is 0 Å². The van der Waals surface area contributed by atoms with Gasteiger partial charge in [0.15, 0.2) is 0 Å². The number of halogens is 1. The normalized spacial score (nSPS) is 16.2. The number of carbonyl (C=O) groups is 2. The smallest absolute Gasteiger partial charge is 0.251 e. The van der Waals surface area contributed by atoms with E-state index in [1.165, 1.54) is 23.5 Å². The van der Waals surface area contributed by atoms with Crippen molar-refractivity contribution in [3.63, 3.8) is 0 Å². The zero-order chi connectivity index (χ0) is 23.8. The van der Waals surface area contributed by atoms with Crippen LogP contribution in [0.25, 0.3) is 0 Å². The summed E-state index contributed by atoms with van der Waals surface area (Å²) < 4.78 is 32.3. The molecule has 178 valence electrons. The molecule has 2 aromatic rings. The predicted molar refractivity (Wildman–Crippen MR) is 126 cm³/mol. The zero-order valence-electron chi connectivity index (χ0n) is 18.4. The number of hydrogen-bond donors (Lipinski definition) is 2. The third-order valence-corrected chi connectivity index (χ3v) is 7.80. The SMILES string of the molecule is COCCNC(=O)[C@@H](NC(=O)c1ccccc1)C1CCN(S(=O)(=O)c2ccc(Cl)cc2)CC1. The number of nitrogens with one attached hydrogen (secondary N) is 2. The van der Waals surface area contributed by atoms with Crippen LogP contribution in [0.4, 0.5) is 0 Å². The predicted octanol–water partition coefficient (Wildman–Crippen LogP) is 2.30. The van der Waals surface area contributed by atoms with Gasteiger partial charge in [-0.15, -0.1) is 0 Å². The van der Waals surface area contributed by atoms with Crippen molar-refractivity contribution in [2.24, 2.45) is 5.92 Å². The molecule has 0 aromatic heterocycles. The van der Waals surface area contributed by atoms with Crippen LogP contribution in [0.1, 0.15) is 23.2 Å². The van der Waals surface area contributed by atoms with Crippen LogP contribution in [0.5, 0.6) is 0 Å². The first-order valence-corrected chi connectivity index (χ1v) is 12.5. The third-order valence-electron chi connectivity index (χ3n) is 5.63. The van der Waals surface area contributed by atoms with Gasteiger partial charge in [-0.1, -0.05) is 29.8 Å². The molecule has 1 aliphatic heterocycles. The molecule has 0 spiro atoms. The molecule has 10 heteroatoms. The van der Waals surface area contributed by atoms with Gasteiger partial charge in [-0.05, 0) is 55.2 Å². The number of rotatable bonds is 9. The number of benzene rings is 2. The maximum absolute atomic E-state index is 13.0. The molecule has 1 atom stereocenters. The molecule has 1 aliphatic rings. The number of nitrogens with zero attached hydrogens (tertiary/aromatic N) is 1. The summed E-state index contributed by atoms with van der Waals surface area (Å²) in [6.45, 7) is 1.16. The summed E-state index contributed by atoms with van der Waals surface area (Å²) in [5, 5.41) is 6.10. The van der Waals surface area contributed by atoms with Gasteiger partial charge < -0.3 is 15.4 Å². The van der Waals surface area contributed by atoms with Crippen molar-refractivity contribution in [2.75, 3.05) is 33.4 Å². The van der Waals surface area contributed by atoms with Gasteiger partial charge in [0.1, 0.15) is 6.04 Å². The second-order valence-electron chi connectivity index (χ2n) is 7.80. The van der Waals surface area contributed by atoms with Crippen LogP contribution >= 0.6 is 11.6 Å². The Morgan fingerprint density at radius 2 is 1.73 bits per heavy atom. The topological polar surface area (TPSA) is 105 Å². The number of sulfonamides is 1. The number of piperidine rings is 1. The molecule has 0 saturated carbocycles. The van der Waals surface area contributed by atoms with E-state index in [1.807, 2.05) is 6.07 Å². The van der Waals surface area contributed by atoms with E-state index in [0.29, 0.717) is 36.6 Å². The van der Waals surface area contributed by atoms with Crippen LogP contribution < -0.4 is 10.6 Å². The van der Waals surface area contributed by atoms with Crippen LogP contribution in [0, 0.1) is 5.92 Å². The second-order valence-corrected chi connectivity index (χ2v) is 10.2. The highest BCUT2D eigenvalue weighted by Gasteiger charge is 2.36. The van der Waals surface area contributed by atoms with Crippen LogP contribution in [0.3, 0.4) is 0 Å². The minimum Gasteiger partial charge on any atom is -0.383 e. The van der Waals surface area contributed by atoms with Crippen molar-refractivity contribution < 1.29 is 22.7 Å². The molecule has 3 rings (SSSR count). The van der Waals surface area contributed by atoms with Crippen molar-refractivity contribution in [2.45, 2.75) is 23.8 Å². The van der Waals surface area contributed by atoms with Crippen LogP contribution in [-0.4, -0.2) is 63.9 Å². The Balaban J connectivity index is 1.70. The Morgan fingerprint density at radius 3 is 2.33 bits per heavy atom. The number of carbonyl (C=O) groups excluding carboxylic acids is 2. The number of ether oxygens (including phenoxy) is 1. The highest BCUT2D eigenvalue weighted by Crippen LogP contribution is 2.27. The summed E-state index contributed by atoms with van der Waals surface area (Å²) in [6, 6.07) is 13.9. The summed E-state index contributed by atoms with van der Waals surface area (Å²) in [5.74, 6) is -0.870. The lowest BCUT2D eigenvalue weighted by molar-refractivity contribution is -0.124. The number of amides is 2. The van der Waals surface area contributed by atoms with Crippen molar-refractivity contribution >= 4 is 33.4 Å². The molecular weight excluding hydrogens is 466 g/mol. The van der Waals surface area contributed by atoms with Crippen molar-refractivity contribution in [3.05, 3.63) is 65.2 Å². The maximum Gasteiger partial charge on any atom is 0.251 e. The molecule has 1 fully saturated rings. The second kappa shape index (κ2) is 11.6. The Hall–Kier alpha value is -2.46. The van der Waals surface area contributed by atoms with Crippen molar-refractivity contribution in [3.8, 4) is 0 Å². The molecule has 2 N–H and O–H groups in total. The molecule has 0 aliphatic carbocycles. The van der Waals surface area contributed by atoms with Crippen LogP contribution in [-0.2, 0) is 19.6 Å². The Labute approximate surface area is 199 Å². The first kappa shape index (κ1) is 25.2. The lowest BCUT2D eigenvalue weighted by atomic mass is 9.89. The minimum absolute atomic E-state index is 0.177. The summed E-state index contributed by atoms with van der Waals surface area (Å²) in [7, 11) is -2.12. The maximum atomic E-state index is 13.0. The van der Waals surface area contributed by atoms with E-state index in [1.54, 1.807) is 36.4 Å². The molecule has 2 amide bonds. The summed E-state index contributed by atoms with van der Waals surface area (Å²) >= 11 is 5.87.